The molecule has 1 aromatic heterocycles. The van der Waals surface area contributed by atoms with E-state index in [1.54, 1.807) is 78.7 Å². The van der Waals surface area contributed by atoms with E-state index in [0.717, 1.165) is 20.3 Å². The minimum absolute atomic E-state index is 0.0311. The molecule has 0 saturated heterocycles. The van der Waals surface area contributed by atoms with Gasteiger partial charge in [0.05, 0.1) is 29.8 Å². The van der Waals surface area contributed by atoms with E-state index in [0.29, 0.717) is 33.8 Å². The minimum Gasteiger partial charge on any atom is -0.469 e. The maximum atomic E-state index is 13.1. The van der Waals surface area contributed by atoms with Gasteiger partial charge in [0.25, 0.3) is 0 Å². The lowest BCUT2D eigenvalue weighted by molar-refractivity contribution is -0.140. The van der Waals surface area contributed by atoms with Gasteiger partial charge in [-0.2, -0.15) is 0 Å². The third kappa shape index (κ3) is 7.52. The van der Waals surface area contributed by atoms with Crippen LogP contribution in [0.2, 0.25) is 0 Å². The Balaban J connectivity index is 1.32. The van der Waals surface area contributed by atoms with Crippen LogP contribution in [0.1, 0.15) is 52.5 Å². The van der Waals surface area contributed by atoms with E-state index in [1.165, 1.54) is 28.2 Å². The fourth-order valence-electron chi connectivity index (χ4n) is 5.18. The minimum atomic E-state index is -0.849. The number of ketones is 2. The van der Waals surface area contributed by atoms with Crippen LogP contribution in [-0.2, 0) is 23.9 Å². The molecule has 1 aliphatic heterocycles. The number of hydrogen-bond acceptors (Lipinski definition) is 11. The summed E-state index contributed by atoms with van der Waals surface area (Å²) in [7, 11) is 4.59. The number of thiazole rings is 1. The molecule has 2 heterocycles. The smallest absolute Gasteiger partial charge is 0.415 e. The lowest BCUT2D eigenvalue weighted by atomic mass is 9.71. The van der Waals surface area contributed by atoms with Gasteiger partial charge in [-0.3, -0.25) is 24.2 Å². The molecule has 11 nitrogen and oxygen atoms in total. The molecular weight excluding hydrogens is 617 g/mol. The highest BCUT2D eigenvalue weighted by atomic mass is 32.2. The second-order valence-electron chi connectivity index (χ2n) is 11.9. The van der Waals surface area contributed by atoms with Gasteiger partial charge in [0.1, 0.15) is 15.8 Å². The van der Waals surface area contributed by atoms with Gasteiger partial charge in [-0.15, -0.1) is 23.1 Å². The molecule has 0 radical (unpaired) electrons. The van der Waals surface area contributed by atoms with Crippen molar-refractivity contribution in [2.75, 3.05) is 40.0 Å². The Hall–Kier alpha value is -3.84. The molecule has 1 atom stereocenters. The van der Waals surface area contributed by atoms with E-state index in [2.05, 4.69) is 9.98 Å². The number of rotatable bonds is 10. The van der Waals surface area contributed by atoms with Gasteiger partial charge in [0.2, 0.25) is 5.91 Å². The summed E-state index contributed by atoms with van der Waals surface area (Å²) < 4.78 is 11.2. The number of ether oxygens (including phenoxy) is 2. The maximum Gasteiger partial charge on any atom is 0.415 e. The number of Topliss-reactive ketones (excluding diaryl/α,β-unsaturated/α-hetero) is 2. The Kier molecular flexibility index (Phi) is 10.3. The zero-order valence-electron chi connectivity index (χ0n) is 26.8. The normalized spacial score (nSPS) is 17.2. The molecular formula is C32H38N4O7S2. The summed E-state index contributed by atoms with van der Waals surface area (Å²) in [5.74, 6) is 0.175. The van der Waals surface area contributed by atoms with Crippen LogP contribution in [0.3, 0.4) is 0 Å². The van der Waals surface area contributed by atoms with Crippen molar-refractivity contribution < 1.29 is 33.4 Å². The number of hydrogen-bond donors (Lipinski definition) is 0. The number of benzene rings is 1. The van der Waals surface area contributed by atoms with Gasteiger partial charge in [-0.05, 0) is 32.9 Å². The predicted octanol–water partition coefficient (Wildman–Crippen LogP) is 4.83. The average molecular weight is 655 g/mol. The van der Waals surface area contributed by atoms with E-state index in [1.807, 2.05) is 0 Å². The first kappa shape index (κ1) is 34.0. The van der Waals surface area contributed by atoms with Gasteiger partial charge in [0.15, 0.2) is 11.6 Å². The number of aromatic nitrogens is 1. The molecule has 0 saturated carbocycles. The lowest BCUT2D eigenvalue weighted by Crippen LogP contribution is -2.40. The monoisotopic (exact) mass is 654 g/mol. The number of amides is 2. The van der Waals surface area contributed by atoms with Crippen molar-refractivity contribution in [2.24, 2.45) is 10.4 Å². The SMILES string of the molecule is COC(=O)C[C@H]1CSC(c2nc3ccc(OC(=O)N(C)CCN(C)C(=O)CC(C)(C)C4=C(C)C(=O)C(C)=C(C)C4=O)cc3s2)=N1. The lowest BCUT2D eigenvalue weighted by Gasteiger charge is -2.33. The number of fused-ring (bicyclic) bond motifs is 1. The number of thioether (sulfide) groups is 1. The molecule has 0 unspecified atom stereocenters. The number of likely N-dealkylation sites (N-methyl/N-ethyl adjacent to an activating group) is 2. The fourth-order valence-corrected chi connectivity index (χ4v) is 7.30. The van der Waals surface area contributed by atoms with Crippen molar-refractivity contribution in [1.82, 2.24) is 14.8 Å². The molecule has 1 aliphatic carbocycles. The Morgan fingerprint density at radius 3 is 2.36 bits per heavy atom. The first-order valence-electron chi connectivity index (χ1n) is 14.5. The third-order valence-electron chi connectivity index (χ3n) is 8.05. The van der Waals surface area contributed by atoms with Crippen molar-refractivity contribution in [3.8, 4) is 5.75 Å². The van der Waals surface area contributed by atoms with E-state index in [9.17, 15) is 24.0 Å². The number of nitrogens with zero attached hydrogens (tertiary/aromatic N) is 4. The quantitative estimate of drug-likeness (QED) is 0.261. The number of carbonyl (C=O) groups is 5. The number of methoxy groups -OCH3 is 1. The van der Waals surface area contributed by atoms with Gasteiger partial charge in [-0.25, -0.2) is 9.78 Å². The standard InChI is InChI=1S/C32H38N4O7S2/c1-17-18(2)28(40)26(19(3)27(17)39)32(4,5)15-24(37)35(6)11-12-36(7)31(41)43-21-9-10-22-23(14-21)45-30(34-22)29-33-20(16-44-29)13-25(38)42-8/h9-10,14,20H,11-13,15-16H2,1-8H3/t20-/m0/s1. The van der Waals surface area contributed by atoms with Crippen LogP contribution in [0, 0.1) is 5.41 Å². The summed E-state index contributed by atoms with van der Waals surface area (Å²) in [6.45, 7) is 8.99. The maximum absolute atomic E-state index is 13.1. The summed E-state index contributed by atoms with van der Waals surface area (Å²) in [5, 5.41) is 1.52. The van der Waals surface area contributed by atoms with Crippen LogP contribution in [0.25, 0.3) is 10.2 Å². The molecule has 2 aliphatic rings. The van der Waals surface area contributed by atoms with E-state index < -0.39 is 11.5 Å². The molecule has 13 heteroatoms. The molecule has 2 aromatic rings. The highest BCUT2D eigenvalue weighted by molar-refractivity contribution is 8.15. The van der Waals surface area contributed by atoms with E-state index in [-0.39, 0.29) is 55.4 Å². The first-order valence-corrected chi connectivity index (χ1v) is 16.3. The van der Waals surface area contributed by atoms with Gasteiger partial charge >= 0.3 is 12.1 Å². The Bertz CT molecular complexity index is 1670. The zero-order chi connectivity index (χ0) is 33.2. The van der Waals surface area contributed by atoms with Crippen molar-refractivity contribution in [1.29, 1.82) is 0 Å². The Morgan fingerprint density at radius 1 is 1.00 bits per heavy atom. The molecule has 45 heavy (non-hydrogen) atoms. The molecule has 0 fully saturated rings. The van der Waals surface area contributed by atoms with Gasteiger partial charge in [-0.1, -0.05) is 13.8 Å². The number of carbonyl (C=O) groups excluding carboxylic acids is 5. The van der Waals surface area contributed by atoms with Crippen molar-refractivity contribution in [3.05, 3.63) is 45.5 Å². The number of allylic oxidation sites excluding steroid dienone is 4. The molecule has 0 N–H and O–H groups in total. The Labute approximate surface area is 270 Å². The molecule has 0 spiro atoms. The first-order chi connectivity index (χ1) is 21.1. The van der Waals surface area contributed by atoms with E-state index >= 15 is 0 Å². The summed E-state index contributed by atoms with van der Waals surface area (Å²) in [5.41, 5.74) is 1.51. The van der Waals surface area contributed by atoms with Gasteiger partial charge < -0.3 is 19.3 Å². The highest BCUT2D eigenvalue weighted by Crippen LogP contribution is 2.39. The highest BCUT2D eigenvalue weighted by Gasteiger charge is 2.39. The predicted molar refractivity (Wildman–Crippen MR) is 175 cm³/mol. The Morgan fingerprint density at radius 2 is 1.67 bits per heavy atom. The molecule has 240 valence electrons. The van der Waals surface area contributed by atoms with Crippen LogP contribution < -0.4 is 4.74 Å². The fraction of sp³-hybridized carbons (Fsp3) is 0.469. The van der Waals surface area contributed by atoms with Crippen LogP contribution >= 0.6 is 23.1 Å². The largest absolute Gasteiger partial charge is 0.469 e. The van der Waals surface area contributed by atoms with E-state index in [4.69, 9.17) is 9.47 Å². The summed E-state index contributed by atoms with van der Waals surface area (Å²) in [6, 6.07) is 5.05. The third-order valence-corrected chi connectivity index (χ3v) is 10.3. The van der Waals surface area contributed by atoms with Crippen molar-refractivity contribution in [3.63, 3.8) is 0 Å². The van der Waals surface area contributed by atoms with Crippen LogP contribution in [0.15, 0.2) is 45.5 Å². The molecule has 1 aromatic carbocycles. The summed E-state index contributed by atoms with van der Waals surface area (Å²) >= 11 is 2.98. The average Bonchev–Trinajstić information content (AvgIpc) is 3.63. The van der Waals surface area contributed by atoms with Crippen LogP contribution in [-0.4, -0.2) is 95.5 Å². The second kappa shape index (κ2) is 13.7. The van der Waals surface area contributed by atoms with Crippen molar-refractivity contribution >= 4 is 67.9 Å². The van der Waals surface area contributed by atoms with Crippen LogP contribution in [0.5, 0.6) is 5.75 Å². The van der Waals surface area contributed by atoms with Crippen LogP contribution in [0.4, 0.5) is 4.79 Å². The van der Waals surface area contributed by atoms with Crippen molar-refractivity contribution in [2.45, 2.75) is 53.5 Å². The topological polar surface area (TPSA) is 136 Å². The zero-order valence-corrected chi connectivity index (χ0v) is 28.4. The number of aliphatic imine (C=N–C) groups is 1. The summed E-state index contributed by atoms with van der Waals surface area (Å²) in [4.78, 5) is 75.4. The summed E-state index contributed by atoms with van der Waals surface area (Å²) in [6.07, 6.45) is -0.318. The molecule has 0 bridgehead atoms. The molecule has 2 amide bonds. The molecule has 4 rings (SSSR count). The second-order valence-corrected chi connectivity index (χ2v) is 13.9. The number of esters is 1. The van der Waals surface area contributed by atoms with Gasteiger partial charge in [0, 0.05) is 73.1 Å².